The lowest BCUT2D eigenvalue weighted by molar-refractivity contribution is 0.111. The van der Waals surface area contributed by atoms with Gasteiger partial charge in [-0.05, 0) is 44.7 Å². The molecular formula is C22H21N5O2. The van der Waals surface area contributed by atoms with Crippen molar-refractivity contribution in [2.75, 3.05) is 0 Å². The Morgan fingerprint density at radius 1 is 1.21 bits per heavy atom. The van der Waals surface area contributed by atoms with Crippen LogP contribution in [0.15, 0.2) is 35.0 Å². The van der Waals surface area contributed by atoms with Crippen LogP contribution in [0.4, 0.5) is 5.69 Å². The highest BCUT2D eigenvalue weighted by Crippen LogP contribution is 2.36. The maximum Gasteiger partial charge on any atom is 0.188 e. The molecule has 0 radical (unpaired) electrons. The van der Waals surface area contributed by atoms with E-state index in [0.717, 1.165) is 64.9 Å². The SMILES string of the molecule is [C-]#[N+]c1ccc2ncc3nc(Cc4cc(C)on4)n(C4CCC(O)CC4)c3c2c1. The van der Waals surface area contributed by atoms with E-state index in [9.17, 15) is 5.11 Å². The average molecular weight is 387 g/mol. The molecule has 0 amide bonds. The molecule has 0 aliphatic heterocycles. The highest BCUT2D eigenvalue weighted by Gasteiger charge is 2.26. The topological polar surface area (TPSA) is 81.3 Å². The van der Waals surface area contributed by atoms with E-state index in [-0.39, 0.29) is 12.1 Å². The summed E-state index contributed by atoms with van der Waals surface area (Å²) >= 11 is 0. The van der Waals surface area contributed by atoms with E-state index < -0.39 is 0 Å². The Bertz CT molecular complexity index is 1240. The van der Waals surface area contributed by atoms with E-state index in [1.54, 1.807) is 12.3 Å². The van der Waals surface area contributed by atoms with E-state index in [4.69, 9.17) is 16.1 Å². The van der Waals surface area contributed by atoms with Crippen molar-refractivity contribution >= 4 is 27.6 Å². The zero-order chi connectivity index (χ0) is 20.0. The molecule has 146 valence electrons. The first-order valence-corrected chi connectivity index (χ1v) is 9.89. The number of imidazole rings is 1. The summed E-state index contributed by atoms with van der Waals surface area (Å²) in [6, 6.07) is 7.77. The smallest absolute Gasteiger partial charge is 0.188 e. The quantitative estimate of drug-likeness (QED) is 0.524. The molecule has 3 aromatic heterocycles. The molecular weight excluding hydrogens is 366 g/mol. The molecule has 1 aliphatic carbocycles. The van der Waals surface area contributed by atoms with Crippen molar-refractivity contribution in [1.82, 2.24) is 19.7 Å². The zero-order valence-electron chi connectivity index (χ0n) is 16.2. The number of rotatable bonds is 3. The third-order valence-electron chi connectivity index (χ3n) is 5.75. The standard InChI is InChI=1S/C22H21N5O2/c1-13-9-15(26-29-13)11-21-25-20-12-24-19-8-3-14(23-2)10-18(19)22(20)27(21)16-4-6-17(28)7-5-16/h3,8-10,12,16-17,28H,4-7,11H2,1H3. The normalized spacial score (nSPS) is 19.6. The molecule has 0 bridgehead atoms. The molecule has 0 spiro atoms. The lowest BCUT2D eigenvalue weighted by Gasteiger charge is -2.28. The molecule has 1 aliphatic rings. The number of benzene rings is 1. The van der Waals surface area contributed by atoms with Gasteiger partial charge in [0.1, 0.15) is 17.1 Å². The summed E-state index contributed by atoms with van der Waals surface area (Å²) in [5.41, 5.74) is 4.12. The summed E-state index contributed by atoms with van der Waals surface area (Å²) in [4.78, 5) is 13.0. The van der Waals surface area contributed by atoms with Gasteiger partial charge in [-0.15, -0.1) is 0 Å². The van der Waals surface area contributed by atoms with Crippen LogP contribution in [0.25, 0.3) is 26.8 Å². The molecule has 5 rings (SSSR count). The summed E-state index contributed by atoms with van der Waals surface area (Å²) < 4.78 is 7.54. The molecule has 3 heterocycles. The van der Waals surface area contributed by atoms with E-state index >= 15 is 0 Å². The Balaban J connectivity index is 1.73. The van der Waals surface area contributed by atoms with Crippen LogP contribution in [0.1, 0.15) is 49.0 Å². The number of fused-ring (bicyclic) bond motifs is 3. The largest absolute Gasteiger partial charge is 0.393 e. The molecule has 1 N–H and O–H groups in total. The molecule has 1 saturated carbocycles. The molecule has 1 fully saturated rings. The van der Waals surface area contributed by atoms with E-state index in [1.807, 2.05) is 25.1 Å². The van der Waals surface area contributed by atoms with E-state index in [1.165, 1.54) is 0 Å². The van der Waals surface area contributed by atoms with Gasteiger partial charge >= 0.3 is 0 Å². The first-order chi connectivity index (χ1) is 14.1. The second-order valence-electron chi connectivity index (χ2n) is 7.77. The minimum Gasteiger partial charge on any atom is -0.393 e. The number of nitrogens with zero attached hydrogens (tertiary/aromatic N) is 5. The Hall–Kier alpha value is -3.24. The molecule has 0 atom stereocenters. The molecule has 0 unspecified atom stereocenters. The third-order valence-corrected chi connectivity index (χ3v) is 5.75. The van der Waals surface area contributed by atoms with Crippen molar-refractivity contribution in [1.29, 1.82) is 0 Å². The molecule has 4 aromatic rings. The average Bonchev–Trinajstić information content (AvgIpc) is 3.31. The molecule has 1 aromatic carbocycles. The highest BCUT2D eigenvalue weighted by atomic mass is 16.5. The number of hydrogen-bond acceptors (Lipinski definition) is 5. The van der Waals surface area contributed by atoms with Gasteiger partial charge in [0, 0.05) is 17.5 Å². The van der Waals surface area contributed by atoms with Crippen molar-refractivity contribution in [2.24, 2.45) is 0 Å². The Morgan fingerprint density at radius 3 is 2.76 bits per heavy atom. The van der Waals surface area contributed by atoms with Gasteiger partial charge in [0.15, 0.2) is 5.69 Å². The van der Waals surface area contributed by atoms with Gasteiger partial charge in [-0.3, -0.25) is 4.98 Å². The number of aryl methyl sites for hydroxylation is 1. The van der Waals surface area contributed by atoms with Crippen molar-refractivity contribution in [3.8, 4) is 0 Å². The van der Waals surface area contributed by atoms with Gasteiger partial charge in [0.2, 0.25) is 0 Å². The zero-order valence-corrected chi connectivity index (χ0v) is 16.2. The second-order valence-corrected chi connectivity index (χ2v) is 7.77. The van der Waals surface area contributed by atoms with Crippen molar-refractivity contribution in [2.45, 2.75) is 51.2 Å². The van der Waals surface area contributed by atoms with Crippen LogP contribution >= 0.6 is 0 Å². The van der Waals surface area contributed by atoms with Gasteiger partial charge in [-0.2, -0.15) is 0 Å². The molecule has 7 heteroatoms. The van der Waals surface area contributed by atoms with Crippen LogP contribution in [0, 0.1) is 13.5 Å². The lowest BCUT2D eigenvalue weighted by Crippen LogP contribution is -2.22. The fourth-order valence-corrected chi connectivity index (χ4v) is 4.38. The maximum atomic E-state index is 9.99. The molecule has 29 heavy (non-hydrogen) atoms. The number of hydrogen-bond donors (Lipinski definition) is 1. The summed E-state index contributed by atoms with van der Waals surface area (Å²) in [5, 5.41) is 15.1. The van der Waals surface area contributed by atoms with Crippen molar-refractivity contribution < 1.29 is 9.63 Å². The maximum absolute atomic E-state index is 9.99. The first-order valence-electron chi connectivity index (χ1n) is 9.89. The molecule has 7 nitrogen and oxygen atoms in total. The Morgan fingerprint density at radius 2 is 2.03 bits per heavy atom. The number of pyridine rings is 1. The van der Waals surface area contributed by atoms with Crippen LogP contribution in [0.2, 0.25) is 0 Å². The van der Waals surface area contributed by atoms with Crippen molar-refractivity contribution in [3.05, 3.63) is 59.2 Å². The molecule has 0 saturated heterocycles. The lowest BCUT2D eigenvalue weighted by atomic mass is 9.92. The van der Waals surface area contributed by atoms with Gasteiger partial charge in [-0.1, -0.05) is 11.2 Å². The summed E-state index contributed by atoms with van der Waals surface area (Å²) in [6.45, 7) is 9.27. The predicted molar refractivity (Wildman–Crippen MR) is 109 cm³/mol. The number of aliphatic hydroxyl groups is 1. The van der Waals surface area contributed by atoms with Crippen LogP contribution in [-0.4, -0.2) is 30.9 Å². The highest BCUT2D eigenvalue weighted by molar-refractivity contribution is 6.03. The van der Waals surface area contributed by atoms with Gasteiger partial charge in [0.25, 0.3) is 0 Å². The fourth-order valence-electron chi connectivity index (χ4n) is 4.38. The first kappa shape index (κ1) is 17.8. The number of aromatic nitrogens is 4. The van der Waals surface area contributed by atoms with Gasteiger partial charge in [0.05, 0.1) is 42.0 Å². The fraction of sp³-hybridized carbons (Fsp3) is 0.364. The predicted octanol–water partition coefficient (Wildman–Crippen LogP) is 4.50. The van der Waals surface area contributed by atoms with E-state index in [2.05, 4.69) is 19.6 Å². The van der Waals surface area contributed by atoms with Gasteiger partial charge in [-0.25, -0.2) is 9.83 Å². The summed E-state index contributed by atoms with van der Waals surface area (Å²) in [7, 11) is 0. The van der Waals surface area contributed by atoms with Gasteiger partial charge < -0.3 is 14.2 Å². The van der Waals surface area contributed by atoms with Crippen LogP contribution in [0.5, 0.6) is 0 Å². The summed E-state index contributed by atoms with van der Waals surface area (Å²) in [5.74, 6) is 1.69. The number of aliphatic hydroxyl groups excluding tert-OH is 1. The third kappa shape index (κ3) is 3.15. The van der Waals surface area contributed by atoms with Crippen LogP contribution < -0.4 is 0 Å². The Kier molecular flexibility index (Phi) is 4.29. The van der Waals surface area contributed by atoms with Crippen LogP contribution in [-0.2, 0) is 6.42 Å². The van der Waals surface area contributed by atoms with Crippen molar-refractivity contribution in [3.63, 3.8) is 0 Å². The minimum absolute atomic E-state index is 0.227. The second kappa shape index (κ2) is 6.98. The minimum atomic E-state index is -0.227. The Labute approximate surface area is 167 Å². The van der Waals surface area contributed by atoms with Crippen LogP contribution in [0.3, 0.4) is 0 Å². The monoisotopic (exact) mass is 387 g/mol. The van der Waals surface area contributed by atoms with E-state index in [0.29, 0.717) is 12.1 Å². The summed E-state index contributed by atoms with van der Waals surface area (Å²) in [6.07, 6.45) is 5.49.